The molecule has 2 N–H and O–H groups in total. The first-order valence-corrected chi connectivity index (χ1v) is 10.8. The van der Waals surface area contributed by atoms with Gasteiger partial charge in [0.15, 0.2) is 5.58 Å². The van der Waals surface area contributed by atoms with Gasteiger partial charge in [-0.2, -0.15) is 5.10 Å². The van der Waals surface area contributed by atoms with Gasteiger partial charge in [0, 0.05) is 14.8 Å². The minimum absolute atomic E-state index is 0.0271. The van der Waals surface area contributed by atoms with E-state index in [9.17, 15) is 9.18 Å². The normalized spacial score (nSPS) is 11.1. The first kappa shape index (κ1) is 20.4. The smallest absolute Gasteiger partial charge is 0.259 e. The predicted octanol–water partition coefficient (Wildman–Crippen LogP) is 6.19. The number of aromatic nitrogens is 3. The zero-order valence-corrected chi connectivity index (χ0v) is 19.0. The van der Waals surface area contributed by atoms with Gasteiger partial charge in [-0.15, -0.1) is 0 Å². The zero-order valence-electron chi connectivity index (χ0n) is 16.8. The molecular formula is C24H16FIN4O2. The Bertz CT molecular complexity index is 1440. The fourth-order valence-corrected chi connectivity index (χ4v) is 4.15. The molecule has 0 aliphatic rings. The fraction of sp³-hybridized carbons (Fsp3) is 0.0417. The van der Waals surface area contributed by atoms with E-state index < -0.39 is 11.7 Å². The third kappa shape index (κ3) is 3.77. The van der Waals surface area contributed by atoms with Gasteiger partial charge in [-0.1, -0.05) is 24.3 Å². The minimum atomic E-state index is -0.554. The molecule has 5 rings (SSSR count). The van der Waals surface area contributed by atoms with Crippen LogP contribution in [0, 0.1) is 16.3 Å². The number of hydrogen-bond donors (Lipinski definition) is 2. The Morgan fingerprint density at radius 2 is 1.94 bits per heavy atom. The monoisotopic (exact) mass is 538 g/mol. The Morgan fingerprint density at radius 3 is 2.72 bits per heavy atom. The van der Waals surface area contributed by atoms with Crippen LogP contribution in [0.4, 0.5) is 10.1 Å². The van der Waals surface area contributed by atoms with Crippen molar-refractivity contribution in [2.75, 3.05) is 5.32 Å². The number of halogens is 2. The number of rotatable bonds is 4. The van der Waals surface area contributed by atoms with Crippen LogP contribution in [0.3, 0.4) is 0 Å². The second-order valence-electron chi connectivity index (χ2n) is 7.28. The topological polar surface area (TPSA) is 83.8 Å². The molecule has 0 saturated carbocycles. The van der Waals surface area contributed by atoms with E-state index in [1.54, 1.807) is 30.5 Å². The van der Waals surface area contributed by atoms with E-state index in [0.717, 1.165) is 27.9 Å². The number of fused-ring (bicyclic) bond motifs is 1. The summed E-state index contributed by atoms with van der Waals surface area (Å²) in [5.41, 5.74) is 5.48. The molecule has 5 aromatic rings. The van der Waals surface area contributed by atoms with Crippen molar-refractivity contribution >= 4 is 45.3 Å². The summed E-state index contributed by atoms with van der Waals surface area (Å²) in [6.45, 7) is 2.00. The van der Waals surface area contributed by atoms with Gasteiger partial charge in [0.1, 0.15) is 11.3 Å². The molecule has 6 nitrogen and oxygen atoms in total. The van der Waals surface area contributed by atoms with E-state index in [2.05, 4.69) is 20.5 Å². The number of amides is 1. The number of anilines is 1. The largest absolute Gasteiger partial charge is 0.436 e. The van der Waals surface area contributed by atoms with Crippen LogP contribution in [-0.4, -0.2) is 21.1 Å². The average molecular weight is 538 g/mol. The van der Waals surface area contributed by atoms with Gasteiger partial charge in [0.2, 0.25) is 5.89 Å². The third-order valence-corrected chi connectivity index (χ3v) is 5.93. The number of aryl methyl sites for hydroxylation is 1. The number of H-pyrrole nitrogens is 1. The van der Waals surface area contributed by atoms with Crippen LogP contribution < -0.4 is 5.32 Å². The molecule has 158 valence electrons. The van der Waals surface area contributed by atoms with Crippen molar-refractivity contribution in [3.8, 4) is 22.7 Å². The minimum Gasteiger partial charge on any atom is -0.436 e. The summed E-state index contributed by atoms with van der Waals surface area (Å²) in [5, 5.41) is 9.89. The molecule has 0 atom stereocenters. The molecule has 0 aliphatic carbocycles. The summed E-state index contributed by atoms with van der Waals surface area (Å²) in [6.07, 6.45) is 1.67. The molecule has 0 fully saturated rings. The van der Waals surface area contributed by atoms with Crippen molar-refractivity contribution in [2.45, 2.75) is 6.92 Å². The van der Waals surface area contributed by atoms with E-state index in [4.69, 9.17) is 4.42 Å². The lowest BCUT2D eigenvalue weighted by atomic mass is 10.1. The highest BCUT2D eigenvalue weighted by atomic mass is 127. The lowest BCUT2D eigenvalue weighted by Crippen LogP contribution is -2.15. The van der Waals surface area contributed by atoms with Crippen molar-refractivity contribution in [2.24, 2.45) is 0 Å². The molecule has 2 aromatic heterocycles. The molecule has 8 heteroatoms. The van der Waals surface area contributed by atoms with Crippen molar-refractivity contribution in [1.82, 2.24) is 15.2 Å². The molecule has 0 spiro atoms. The number of nitrogens with one attached hydrogen (secondary N) is 2. The van der Waals surface area contributed by atoms with Gasteiger partial charge in [-0.3, -0.25) is 9.89 Å². The number of nitrogens with zero attached hydrogens (tertiary/aromatic N) is 2. The number of benzene rings is 3. The maximum atomic E-state index is 14.1. The highest BCUT2D eigenvalue weighted by molar-refractivity contribution is 14.1. The van der Waals surface area contributed by atoms with E-state index in [-0.39, 0.29) is 5.56 Å². The zero-order chi connectivity index (χ0) is 22.2. The maximum Gasteiger partial charge on any atom is 0.259 e. The molecule has 0 radical (unpaired) electrons. The summed E-state index contributed by atoms with van der Waals surface area (Å²) in [7, 11) is 0. The Kier molecular flexibility index (Phi) is 5.22. The van der Waals surface area contributed by atoms with Gasteiger partial charge >= 0.3 is 0 Å². The third-order valence-electron chi connectivity index (χ3n) is 5.03. The number of carbonyl (C=O) groups is 1. The van der Waals surface area contributed by atoms with Gasteiger partial charge in [-0.05, 0) is 71.5 Å². The SMILES string of the molecule is Cc1ccc2nc(-c3cn[nH]c3-c3ccc(NC(=O)c4c(F)cccc4I)cc3)oc2c1. The van der Waals surface area contributed by atoms with Crippen molar-refractivity contribution < 1.29 is 13.6 Å². The van der Waals surface area contributed by atoms with Crippen LogP contribution in [0.1, 0.15) is 15.9 Å². The summed E-state index contributed by atoms with van der Waals surface area (Å²) in [5.74, 6) is -0.577. The fourth-order valence-electron chi connectivity index (χ4n) is 3.44. The second-order valence-corrected chi connectivity index (χ2v) is 8.44. The quantitative estimate of drug-likeness (QED) is 0.268. The summed E-state index contributed by atoms with van der Waals surface area (Å²) in [4.78, 5) is 17.1. The number of carbonyl (C=O) groups excluding carboxylic acids is 1. The van der Waals surface area contributed by atoms with E-state index in [1.807, 2.05) is 59.8 Å². The second kappa shape index (κ2) is 8.19. The average Bonchev–Trinajstić information content (AvgIpc) is 3.40. The maximum absolute atomic E-state index is 14.1. The van der Waals surface area contributed by atoms with Crippen LogP contribution in [-0.2, 0) is 0 Å². The van der Waals surface area contributed by atoms with Crippen LogP contribution in [0.2, 0.25) is 0 Å². The van der Waals surface area contributed by atoms with E-state index >= 15 is 0 Å². The highest BCUT2D eigenvalue weighted by Crippen LogP contribution is 2.32. The number of aromatic amines is 1. The van der Waals surface area contributed by atoms with Gasteiger partial charge in [0.05, 0.1) is 23.0 Å². The van der Waals surface area contributed by atoms with Crippen molar-refractivity contribution in [1.29, 1.82) is 0 Å². The Hall–Kier alpha value is -3.53. The summed E-state index contributed by atoms with van der Waals surface area (Å²) < 4.78 is 20.6. The number of oxazole rings is 1. The molecule has 1 amide bonds. The Labute approximate surface area is 196 Å². The molecule has 0 unspecified atom stereocenters. The van der Waals surface area contributed by atoms with E-state index in [1.165, 1.54) is 6.07 Å². The van der Waals surface area contributed by atoms with E-state index in [0.29, 0.717) is 20.7 Å². The number of hydrogen-bond acceptors (Lipinski definition) is 4. The first-order valence-electron chi connectivity index (χ1n) is 9.76. The standard InChI is InChI=1S/C24H16FIN4O2/c1-13-5-10-19-20(11-13)32-24(29-19)16-12-27-30-22(16)14-6-8-15(9-7-14)28-23(31)21-17(25)3-2-4-18(21)26/h2-12H,1H3,(H,27,30)(H,28,31). The predicted molar refractivity (Wildman–Crippen MR) is 129 cm³/mol. The van der Waals surface area contributed by atoms with Gasteiger partial charge in [-0.25, -0.2) is 9.37 Å². The van der Waals surface area contributed by atoms with Crippen LogP contribution in [0.5, 0.6) is 0 Å². The van der Waals surface area contributed by atoms with Crippen LogP contribution in [0.25, 0.3) is 33.8 Å². The van der Waals surface area contributed by atoms with Crippen molar-refractivity contribution in [3.05, 3.63) is 87.4 Å². The first-order chi connectivity index (χ1) is 15.5. The summed E-state index contributed by atoms with van der Waals surface area (Å²) >= 11 is 1.95. The molecule has 32 heavy (non-hydrogen) atoms. The van der Waals surface area contributed by atoms with Crippen molar-refractivity contribution in [3.63, 3.8) is 0 Å². The molecule has 2 heterocycles. The van der Waals surface area contributed by atoms with Gasteiger partial charge in [0.25, 0.3) is 5.91 Å². The molecule has 0 aliphatic heterocycles. The summed E-state index contributed by atoms with van der Waals surface area (Å²) in [6, 6.07) is 17.6. The molecule has 0 bridgehead atoms. The lowest BCUT2D eigenvalue weighted by molar-refractivity contribution is 0.102. The van der Waals surface area contributed by atoms with Crippen LogP contribution >= 0.6 is 22.6 Å². The van der Waals surface area contributed by atoms with Crippen LogP contribution in [0.15, 0.2) is 71.3 Å². The molecule has 0 saturated heterocycles. The Balaban J connectivity index is 1.41. The Morgan fingerprint density at radius 1 is 1.12 bits per heavy atom. The molecule has 3 aromatic carbocycles. The van der Waals surface area contributed by atoms with Gasteiger partial charge < -0.3 is 9.73 Å². The highest BCUT2D eigenvalue weighted by Gasteiger charge is 2.18. The molecular weight excluding hydrogens is 522 g/mol. The lowest BCUT2D eigenvalue weighted by Gasteiger charge is -2.09.